The molecule has 14 rings (SSSR count). The predicted molar refractivity (Wildman–Crippen MR) is 434 cm³/mol. The van der Waals surface area contributed by atoms with Gasteiger partial charge in [0.15, 0.2) is 0 Å². The maximum atomic E-state index is 12.7. The zero-order chi connectivity index (χ0) is 71.2. The SMILES string of the molecule is COc1ccccc1Sc1ccc(NC(=O)[C@@](C)(O)C(F)(F)F)c(Cl)c1.[Pd].c1ccc(P(c2ccccc2)c2ccccc2)cc1.c1ccc(P(c2ccccc2)c2ccccc2)cc1.c1ccc(P(c2ccccc2)c2ccccc2)cc1.c1ccc(P(c2ccccc2)c2ccccc2)cc1. The molecular formula is C89H75ClF3NO3P4PdS. The van der Waals surface area contributed by atoms with Crippen LogP contribution in [0.4, 0.5) is 18.9 Å². The summed E-state index contributed by atoms with van der Waals surface area (Å²) in [6, 6.07) is 141. The van der Waals surface area contributed by atoms with Crippen LogP contribution in [0.1, 0.15) is 6.92 Å². The topological polar surface area (TPSA) is 58.6 Å². The van der Waals surface area contributed by atoms with E-state index in [1.165, 1.54) is 94.7 Å². The van der Waals surface area contributed by atoms with Crippen LogP contribution in [0.3, 0.4) is 0 Å². The van der Waals surface area contributed by atoms with E-state index in [9.17, 15) is 23.1 Å². The van der Waals surface area contributed by atoms with E-state index < -0.39 is 49.4 Å². The Morgan fingerprint density at radius 3 is 0.748 bits per heavy atom. The number of alkyl halides is 3. The van der Waals surface area contributed by atoms with Crippen LogP contribution in [0, 0.1) is 0 Å². The molecule has 518 valence electrons. The number of amides is 1. The predicted octanol–water partition coefficient (Wildman–Crippen LogP) is 18.5. The largest absolute Gasteiger partial charge is 0.496 e. The normalized spacial score (nSPS) is 11.3. The van der Waals surface area contributed by atoms with Crippen molar-refractivity contribution in [3.05, 3.63) is 411 Å². The van der Waals surface area contributed by atoms with E-state index in [-0.39, 0.29) is 31.1 Å². The van der Waals surface area contributed by atoms with Crippen LogP contribution in [0.5, 0.6) is 5.75 Å². The average Bonchev–Trinajstić information content (AvgIpc) is 0.817. The minimum absolute atomic E-state index is 0. The smallest absolute Gasteiger partial charge is 0.426 e. The number of hydrogen-bond acceptors (Lipinski definition) is 4. The van der Waals surface area contributed by atoms with Crippen LogP contribution in [0.15, 0.2) is 416 Å². The minimum atomic E-state index is -5.11. The second kappa shape index (κ2) is 40.8. The maximum Gasteiger partial charge on any atom is 0.426 e. The molecule has 2 N–H and O–H groups in total. The first kappa shape index (κ1) is 78.3. The van der Waals surface area contributed by atoms with Gasteiger partial charge in [-0.15, -0.1) is 0 Å². The van der Waals surface area contributed by atoms with E-state index in [4.69, 9.17) is 16.3 Å². The fraction of sp³-hybridized carbons (Fsp3) is 0.0449. The Labute approximate surface area is 631 Å². The number of carbonyl (C=O) groups is 1. The third kappa shape index (κ3) is 22.8. The van der Waals surface area contributed by atoms with Gasteiger partial charge in [0, 0.05) is 25.3 Å². The molecule has 0 unspecified atom stereocenters. The summed E-state index contributed by atoms with van der Waals surface area (Å²) in [5.74, 6) is -0.954. The molecule has 0 fully saturated rings. The molecular weight excluding hydrogens is 1490 g/mol. The number of hydrogen-bond donors (Lipinski definition) is 2. The van der Waals surface area contributed by atoms with Crippen LogP contribution in [0.25, 0.3) is 0 Å². The van der Waals surface area contributed by atoms with Crippen molar-refractivity contribution in [2.45, 2.75) is 28.5 Å². The molecule has 103 heavy (non-hydrogen) atoms. The maximum absolute atomic E-state index is 12.7. The number of methoxy groups -OCH3 is 1. The fourth-order valence-corrected chi connectivity index (χ4v) is 21.1. The summed E-state index contributed by atoms with van der Waals surface area (Å²) >= 11 is 7.39. The molecule has 0 saturated carbocycles. The number of carbonyl (C=O) groups excluding carboxylic acids is 1. The Morgan fingerprint density at radius 1 is 0.350 bits per heavy atom. The van der Waals surface area contributed by atoms with Crippen molar-refractivity contribution < 1.29 is 48.2 Å². The summed E-state index contributed by atoms with van der Waals surface area (Å²) in [5.41, 5.74) is -3.56. The summed E-state index contributed by atoms with van der Waals surface area (Å²) in [7, 11) is -0.245. The quantitative estimate of drug-likeness (QED) is 0.0705. The number of nitrogens with one attached hydrogen (secondary N) is 1. The molecule has 14 aromatic rings. The summed E-state index contributed by atoms with van der Waals surface area (Å²) in [4.78, 5) is 13.2. The Hall–Kier alpha value is -8.88. The molecule has 0 aliphatic rings. The molecule has 0 saturated heterocycles. The number of aliphatic hydroxyl groups is 1. The molecule has 0 aliphatic carbocycles. The van der Waals surface area contributed by atoms with E-state index in [0.717, 1.165) is 4.90 Å². The van der Waals surface area contributed by atoms with Gasteiger partial charge in [-0.2, -0.15) is 13.2 Å². The molecule has 14 aromatic carbocycles. The second-order valence-electron chi connectivity index (χ2n) is 22.8. The van der Waals surface area contributed by atoms with Gasteiger partial charge < -0.3 is 15.2 Å². The standard InChI is InChI=1S/4C18H15P.C17H15ClF3NO3S.Pd/c4*1-4-10-16(11-5-1)19(17-12-6-2-7-13-17)18-14-8-3-9-15-18;1-16(24,17(19,20)21)15(23)22-12-8-7-10(9-11(12)18)26-14-6-4-3-5-13(14)25-2;/h4*1-15H;3-9,24H,1-2H3,(H,22,23);/t;;;;16-;/m....1./s1. The van der Waals surface area contributed by atoms with Gasteiger partial charge in [0.05, 0.1) is 22.7 Å². The van der Waals surface area contributed by atoms with Gasteiger partial charge in [-0.05, 0) is 133 Å². The van der Waals surface area contributed by atoms with Crippen LogP contribution < -0.4 is 73.7 Å². The Balaban J connectivity index is 0.000000150. The van der Waals surface area contributed by atoms with E-state index >= 15 is 0 Å². The Bertz CT molecular complexity index is 3870. The average molecular weight is 1560 g/mol. The minimum Gasteiger partial charge on any atom is -0.496 e. The Morgan fingerprint density at radius 2 is 0.553 bits per heavy atom. The summed E-state index contributed by atoms with van der Waals surface area (Å²) < 4.78 is 43.4. The van der Waals surface area contributed by atoms with E-state index in [1.54, 1.807) is 12.1 Å². The summed E-state index contributed by atoms with van der Waals surface area (Å²) in [6.07, 6.45) is -5.11. The van der Waals surface area contributed by atoms with Crippen molar-refractivity contribution in [2.75, 3.05) is 12.4 Å². The van der Waals surface area contributed by atoms with Gasteiger partial charge in [-0.1, -0.05) is 399 Å². The molecule has 0 aromatic heterocycles. The second-order valence-corrected chi connectivity index (χ2v) is 33.2. The first-order valence-corrected chi connectivity index (χ1v) is 39.4. The van der Waals surface area contributed by atoms with Crippen LogP contribution in [-0.4, -0.2) is 29.9 Å². The number of benzene rings is 14. The van der Waals surface area contributed by atoms with Gasteiger partial charge in [0.25, 0.3) is 5.91 Å². The van der Waals surface area contributed by atoms with Crippen molar-refractivity contribution in [3.63, 3.8) is 0 Å². The summed E-state index contributed by atoms with van der Waals surface area (Å²) in [5, 5.41) is 28.2. The number of ether oxygens (including phenoxy) is 1. The van der Waals surface area contributed by atoms with E-state index in [2.05, 4.69) is 364 Å². The molecule has 4 nitrogen and oxygen atoms in total. The molecule has 14 heteroatoms. The van der Waals surface area contributed by atoms with E-state index in [0.29, 0.717) is 17.6 Å². The number of para-hydroxylation sites is 1. The Kier molecular flexibility index (Phi) is 31.0. The molecule has 0 radical (unpaired) electrons. The molecule has 0 spiro atoms. The zero-order valence-corrected chi connectivity index (χ0v) is 63.2. The number of anilines is 1. The van der Waals surface area contributed by atoms with Crippen LogP contribution in [0.2, 0.25) is 5.02 Å². The summed E-state index contributed by atoms with van der Waals surface area (Å²) in [6.45, 7) is 0.377. The number of halogens is 4. The third-order valence-corrected chi connectivity index (χ3v) is 26.8. The van der Waals surface area contributed by atoms with Crippen molar-refractivity contribution in [3.8, 4) is 5.75 Å². The molecule has 0 bridgehead atoms. The van der Waals surface area contributed by atoms with Crippen molar-refractivity contribution in [1.29, 1.82) is 0 Å². The third-order valence-electron chi connectivity index (χ3n) is 15.7. The van der Waals surface area contributed by atoms with Crippen molar-refractivity contribution in [1.82, 2.24) is 0 Å². The van der Waals surface area contributed by atoms with Gasteiger partial charge in [-0.3, -0.25) is 4.79 Å². The van der Waals surface area contributed by atoms with Crippen LogP contribution >= 0.6 is 55.0 Å². The van der Waals surface area contributed by atoms with Gasteiger partial charge in [-0.25, -0.2) is 0 Å². The first-order chi connectivity index (χ1) is 49.9. The van der Waals surface area contributed by atoms with Gasteiger partial charge in [0.1, 0.15) is 5.75 Å². The molecule has 1 amide bonds. The molecule has 1 atom stereocenters. The zero-order valence-electron chi connectivity index (χ0n) is 56.5. The monoisotopic (exact) mass is 1560 g/mol. The number of rotatable bonds is 17. The van der Waals surface area contributed by atoms with Crippen molar-refractivity contribution >= 4 is 130 Å². The van der Waals surface area contributed by atoms with Gasteiger partial charge in [0.2, 0.25) is 5.60 Å². The van der Waals surface area contributed by atoms with Gasteiger partial charge >= 0.3 is 6.18 Å². The van der Waals surface area contributed by atoms with Crippen LogP contribution in [-0.2, 0) is 25.2 Å². The van der Waals surface area contributed by atoms with Crippen molar-refractivity contribution in [2.24, 2.45) is 0 Å². The molecule has 0 aliphatic heterocycles. The molecule has 0 heterocycles. The first-order valence-electron chi connectivity index (χ1n) is 32.9. The van der Waals surface area contributed by atoms with E-state index in [1.807, 2.05) is 23.5 Å². The fourth-order valence-electron chi connectivity index (χ4n) is 10.6.